The van der Waals surface area contributed by atoms with Crippen molar-refractivity contribution in [3.05, 3.63) is 12.7 Å². The Bertz CT molecular complexity index is 489. The average Bonchev–Trinajstić information content (AvgIpc) is 2.78. The van der Waals surface area contributed by atoms with Crippen LogP contribution in [0.4, 0.5) is 5.82 Å². The SMILES string of the molecule is NC1CCN(c2ncnc3ocnc23)CC1. The van der Waals surface area contributed by atoms with Gasteiger partial charge in [-0.3, -0.25) is 0 Å². The van der Waals surface area contributed by atoms with Crippen LogP contribution in [0.2, 0.25) is 0 Å². The zero-order valence-corrected chi connectivity index (χ0v) is 8.83. The maximum atomic E-state index is 5.87. The molecule has 0 spiro atoms. The van der Waals surface area contributed by atoms with E-state index in [4.69, 9.17) is 10.2 Å². The molecule has 0 unspecified atom stereocenters. The summed E-state index contributed by atoms with van der Waals surface area (Å²) in [7, 11) is 0. The molecular formula is C10H13N5O. The van der Waals surface area contributed by atoms with E-state index in [0.29, 0.717) is 11.8 Å². The van der Waals surface area contributed by atoms with Crippen molar-refractivity contribution >= 4 is 17.0 Å². The Morgan fingerprint density at radius 2 is 2.06 bits per heavy atom. The Hall–Kier alpha value is -1.69. The van der Waals surface area contributed by atoms with E-state index in [1.165, 1.54) is 12.7 Å². The third kappa shape index (κ3) is 1.51. The van der Waals surface area contributed by atoms with Crippen LogP contribution in [0, 0.1) is 0 Å². The molecule has 2 aromatic rings. The van der Waals surface area contributed by atoms with E-state index >= 15 is 0 Å². The number of oxazole rings is 1. The van der Waals surface area contributed by atoms with Crippen LogP contribution in [0.5, 0.6) is 0 Å². The van der Waals surface area contributed by atoms with Crippen LogP contribution in [0.1, 0.15) is 12.8 Å². The molecule has 16 heavy (non-hydrogen) atoms. The summed E-state index contributed by atoms with van der Waals surface area (Å²) in [5.41, 5.74) is 7.15. The fraction of sp³-hybridized carbons (Fsp3) is 0.500. The number of nitrogens with two attached hydrogens (primary N) is 1. The summed E-state index contributed by atoms with van der Waals surface area (Å²) >= 11 is 0. The van der Waals surface area contributed by atoms with Gasteiger partial charge in [-0.1, -0.05) is 0 Å². The van der Waals surface area contributed by atoms with Crippen molar-refractivity contribution in [2.45, 2.75) is 18.9 Å². The molecule has 0 aliphatic carbocycles. The zero-order chi connectivity index (χ0) is 11.0. The minimum atomic E-state index is 0.311. The summed E-state index contributed by atoms with van der Waals surface area (Å²) in [4.78, 5) is 14.6. The standard InChI is InChI=1S/C10H13N5O/c11-7-1-3-15(4-2-7)9-8-10(13-5-12-9)16-6-14-8/h5-7H,1-4,11H2. The molecule has 0 bridgehead atoms. The van der Waals surface area contributed by atoms with Gasteiger partial charge in [0.15, 0.2) is 17.7 Å². The van der Waals surface area contributed by atoms with E-state index in [0.717, 1.165) is 37.3 Å². The predicted octanol–water partition coefficient (Wildman–Crippen LogP) is 0.545. The van der Waals surface area contributed by atoms with E-state index in [-0.39, 0.29) is 0 Å². The van der Waals surface area contributed by atoms with Gasteiger partial charge in [0.2, 0.25) is 0 Å². The topological polar surface area (TPSA) is 81.1 Å². The number of fused-ring (bicyclic) bond motifs is 1. The lowest BCUT2D eigenvalue weighted by atomic mass is 10.1. The van der Waals surface area contributed by atoms with E-state index in [9.17, 15) is 0 Å². The fourth-order valence-corrected chi connectivity index (χ4v) is 2.02. The minimum Gasteiger partial charge on any atom is -0.425 e. The van der Waals surface area contributed by atoms with Crippen molar-refractivity contribution in [1.29, 1.82) is 0 Å². The van der Waals surface area contributed by atoms with Crippen molar-refractivity contribution in [3.63, 3.8) is 0 Å². The molecule has 0 amide bonds. The smallest absolute Gasteiger partial charge is 0.252 e. The molecule has 2 aromatic heterocycles. The molecule has 1 aliphatic heterocycles. The monoisotopic (exact) mass is 219 g/mol. The van der Waals surface area contributed by atoms with Gasteiger partial charge in [-0.2, -0.15) is 4.98 Å². The van der Waals surface area contributed by atoms with Gasteiger partial charge in [-0.15, -0.1) is 0 Å². The lowest BCUT2D eigenvalue weighted by molar-refractivity contribution is 0.499. The van der Waals surface area contributed by atoms with E-state index in [1.807, 2.05) is 0 Å². The van der Waals surface area contributed by atoms with Gasteiger partial charge in [-0.25, -0.2) is 9.97 Å². The molecule has 0 radical (unpaired) electrons. The van der Waals surface area contributed by atoms with Crippen LogP contribution < -0.4 is 10.6 Å². The van der Waals surface area contributed by atoms with E-state index < -0.39 is 0 Å². The van der Waals surface area contributed by atoms with Gasteiger partial charge in [-0.05, 0) is 12.8 Å². The van der Waals surface area contributed by atoms with Crippen LogP contribution >= 0.6 is 0 Å². The van der Waals surface area contributed by atoms with Crippen LogP contribution in [0.25, 0.3) is 11.2 Å². The molecule has 1 fully saturated rings. The number of piperidine rings is 1. The summed E-state index contributed by atoms with van der Waals surface area (Å²) in [6.07, 6.45) is 4.89. The van der Waals surface area contributed by atoms with Gasteiger partial charge < -0.3 is 15.1 Å². The van der Waals surface area contributed by atoms with E-state index in [1.54, 1.807) is 0 Å². The molecule has 6 heteroatoms. The fourth-order valence-electron chi connectivity index (χ4n) is 2.02. The van der Waals surface area contributed by atoms with Gasteiger partial charge in [0, 0.05) is 19.1 Å². The highest BCUT2D eigenvalue weighted by Crippen LogP contribution is 2.23. The number of nitrogens with zero attached hydrogens (tertiary/aromatic N) is 4. The Kier molecular flexibility index (Phi) is 2.21. The Balaban J connectivity index is 1.96. The molecule has 84 valence electrons. The van der Waals surface area contributed by atoms with Crippen LogP contribution in [-0.2, 0) is 0 Å². The molecular weight excluding hydrogens is 206 g/mol. The second-order valence-electron chi connectivity index (χ2n) is 4.03. The van der Waals surface area contributed by atoms with Crippen molar-refractivity contribution in [2.24, 2.45) is 5.73 Å². The molecule has 3 rings (SSSR count). The molecule has 1 aliphatic rings. The summed E-state index contributed by atoms with van der Waals surface area (Å²) in [6, 6.07) is 0.311. The van der Waals surface area contributed by atoms with Gasteiger partial charge in [0.25, 0.3) is 5.71 Å². The Morgan fingerprint density at radius 3 is 2.88 bits per heavy atom. The number of hydrogen-bond donors (Lipinski definition) is 1. The van der Waals surface area contributed by atoms with Crippen molar-refractivity contribution < 1.29 is 4.42 Å². The molecule has 0 atom stereocenters. The van der Waals surface area contributed by atoms with Crippen LogP contribution in [0.15, 0.2) is 17.1 Å². The quantitative estimate of drug-likeness (QED) is 0.754. The third-order valence-electron chi connectivity index (χ3n) is 2.95. The largest absolute Gasteiger partial charge is 0.425 e. The van der Waals surface area contributed by atoms with Gasteiger partial charge in [0.05, 0.1) is 0 Å². The third-order valence-corrected chi connectivity index (χ3v) is 2.95. The minimum absolute atomic E-state index is 0.311. The summed E-state index contributed by atoms with van der Waals surface area (Å²) in [6.45, 7) is 1.83. The first-order valence-corrected chi connectivity index (χ1v) is 5.39. The van der Waals surface area contributed by atoms with Crippen molar-refractivity contribution in [2.75, 3.05) is 18.0 Å². The van der Waals surface area contributed by atoms with Crippen LogP contribution in [0.3, 0.4) is 0 Å². The van der Waals surface area contributed by atoms with Crippen molar-refractivity contribution in [3.8, 4) is 0 Å². The zero-order valence-electron chi connectivity index (χ0n) is 8.83. The summed E-state index contributed by atoms with van der Waals surface area (Å²) < 4.78 is 5.16. The number of anilines is 1. The lowest BCUT2D eigenvalue weighted by Gasteiger charge is -2.30. The highest BCUT2D eigenvalue weighted by molar-refractivity contribution is 5.81. The highest BCUT2D eigenvalue weighted by atomic mass is 16.3. The average molecular weight is 219 g/mol. The predicted molar refractivity (Wildman–Crippen MR) is 59.0 cm³/mol. The number of rotatable bonds is 1. The molecule has 2 N–H and O–H groups in total. The Morgan fingerprint density at radius 1 is 1.25 bits per heavy atom. The summed E-state index contributed by atoms with van der Waals surface area (Å²) in [5, 5.41) is 0. The normalized spacial score (nSPS) is 18.2. The van der Waals surface area contributed by atoms with Gasteiger partial charge in [0.1, 0.15) is 6.33 Å². The van der Waals surface area contributed by atoms with Crippen LogP contribution in [-0.4, -0.2) is 34.1 Å². The first kappa shape index (κ1) is 9.53. The second-order valence-corrected chi connectivity index (χ2v) is 4.03. The molecule has 6 nitrogen and oxygen atoms in total. The lowest BCUT2D eigenvalue weighted by Crippen LogP contribution is -2.40. The van der Waals surface area contributed by atoms with Crippen molar-refractivity contribution in [1.82, 2.24) is 15.0 Å². The summed E-state index contributed by atoms with van der Waals surface area (Å²) in [5.74, 6) is 0.852. The molecule has 1 saturated heterocycles. The highest BCUT2D eigenvalue weighted by Gasteiger charge is 2.20. The Labute approximate surface area is 92.5 Å². The molecule has 3 heterocycles. The number of hydrogen-bond acceptors (Lipinski definition) is 6. The number of aromatic nitrogens is 3. The first-order valence-electron chi connectivity index (χ1n) is 5.39. The maximum Gasteiger partial charge on any atom is 0.252 e. The van der Waals surface area contributed by atoms with Gasteiger partial charge >= 0.3 is 0 Å². The second kappa shape index (κ2) is 3.71. The maximum absolute atomic E-state index is 5.87. The van der Waals surface area contributed by atoms with E-state index in [2.05, 4.69) is 19.9 Å². The molecule has 0 aromatic carbocycles. The first-order chi connectivity index (χ1) is 7.84. The molecule has 0 saturated carbocycles.